The van der Waals surface area contributed by atoms with Gasteiger partial charge in [-0.3, -0.25) is 19.2 Å². The van der Waals surface area contributed by atoms with E-state index < -0.39 is 54.6 Å². The number of hydrogen-bond donors (Lipinski definition) is 2. The summed E-state index contributed by atoms with van der Waals surface area (Å²) in [5.74, 6) is -0.889. The molecule has 2 saturated carbocycles. The highest BCUT2D eigenvalue weighted by Gasteiger charge is 2.58. The molecule has 10 nitrogen and oxygen atoms in total. The number of hydrogen-bond acceptors (Lipinski definition) is 7. The van der Waals surface area contributed by atoms with Crippen molar-refractivity contribution in [3.8, 4) is 0 Å². The molecule has 1 heterocycles. The van der Waals surface area contributed by atoms with Crippen LogP contribution in [0, 0.1) is 23.6 Å². The smallest absolute Gasteiger partial charge is 0.418 e. The van der Waals surface area contributed by atoms with Crippen LogP contribution in [0.5, 0.6) is 0 Å². The number of rotatable bonds is 14. The van der Waals surface area contributed by atoms with E-state index >= 15 is 0 Å². The first-order chi connectivity index (χ1) is 26.7. The van der Waals surface area contributed by atoms with Gasteiger partial charge in [0.2, 0.25) is 17.4 Å². The van der Waals surface area contributed by atoms with Crippen molar-refractivity contribution in [2.45, 2.75) is 89.2 Å². The van der Waals surface area contributed by atoms with Crippen molar-refractivity contribution in [1.82, 2.24) is 15.1 Å². The summed E-state index contributed by atoms with van der Waals surface area (Å²) in [6.45, 7) is -0.0714. The molecule has 3 aromatic carbocycles. The van der Waals surface area contributed by atoms with E-state index in [1.807, 2.05) is 24.3 Å². The third-order valence-corrected chi connectivity index (χ3v) is 11.7. The Morgan fingerprint density at radius 3 is 2.34 bits per heavy atom. The Labute approximate surface area is 321 Å². The molecule has 4 amide bonds. The molecule has 1 spiro atoms. The topological polar surface area (TPSA) is 125 Å². The molecule has 1 saturated heterocycles. The lowest BCUT2D eigenvalue weighted by Crippen LogP contribution is -2.51. The van der Waals surface area contributed by atoms with Gasteiger partial charge in [0.15, 0.2) is 5.78 Å². The number of nitrogens with zero attached hydrogens (tertiary/aromatic N) is 2. The molecule has 4 atom stereocenters. The summed E-state index contributed by atoms with van der Waals surface area (Å²) in [7, 11) is 0. The number of ketones is 1. The van der Waals surface area contributed by atoms with Gasteiger partial charge in [-0.05, 0) is 98.2 Å². The van der Waals surface area contributed by atoms with Gasteiger partial charge in [0.25, 0.3) is 5.91 Å². The van der Waals surface area contributed by atoms with Crippen LogP contribution in [-0.4, -0.2) is 64.7 Å². The second-order valence-corrected chi connectivity index (χ2v) is 15.4. The average Bonchev–Trinajstić information content (AvgIpc) is 3.72. The molecule has 3 fully saturated rings. The standard InChI is InChI=1S/C42H44F4N4O6/c1-25(42(44,45)46)49(23-27-4-12-33(43)13-5-27)37(52)24-50-39(54)41(56-40(50)55)18-16-31-21-34(14-15-35(31)41)47-19-17-36(51)48-22-26-2-6-29(7-3-26)38(53)32-11-10-30(20-32)28-8-9-28/h2-7,12-15,21,25,28,30,32,47H,8-11,16-20,22-24H2,1H3,(H,48,51)/t25-,30-,32?,41+/m0/s1. The molecular weight excluding hydrogens is 732 g/mol. The van der Waals surface area contributed by atoms with Gasteiger partial charge in [0.1, 0.15) is 18.4 Å². The van der Waals surface area contributed by atoms with Crippen LogP contribution in [0.15, 0.2) is 66.7 Å². The second kappa shape index (κ2) is 15.7. The molecule has 56 heavy (non-hydrogen) atoms. The summed E-state index contributed by atoms with van der Waals surface area (Å²) in [4.78, 5) is 66.7. The molecule has 2 N–H and O–H groups in total. The van der Waals surface area contributed by atoms with E-state index in [1.165, 1.54) is 25.0 Å². The second-order valence-electron chi connectivity index (χ2n) is 15.4. The summed E-state index contributed by atoms with van der Waals surface area (Å²) in [6, 6.07) is 14.9. The maximum atomic E-state index is 13.8. The van der Waals surface area contributed by atoms with Gasteiger partial charge in [-0.25, -0.2) is 14.1 Å². The number of imide groups is 1. The lowest BCUT2D eigenvalue weighted by molar-refractivity contribution is -0.187. The number of benzene rings is 3. The number of Topliss-reactive ketones (excluding diaryl/α,β-unsaturated/α-hetero) is 1. The minimum absolute atomic E-state index is 0.0817. The van der Waals surface area contributed by atoms with Gasteiger partial charge < -0.3 is 20.3 Å². The average molecular weight is 777 g/mol. The Kier molecular flexibility index (Phi) is 10.9. The first-order valence-corrected chi connectivity index (χ1v) is 19.1. The van der Waals surface area contributed by atoms with Crippen molar-refractivity contribution in [1.29, 1.82) is 0 Å². The van der Waals surface area contributed by atoms with Gasteiger partial charge in [-0.2, -0.15) is 13.2 Å². The van der Waals surface area contributed by atoms with Crippen molar-refractivity contribution in [2.75, 3.05) is 18.4 Å². The van der Waals surface area contributed by atoms with Crippen LogP contribution in [0.2, 0.25) is 0 Å². The molecule has 3 aliphatic carbocycles. The molecule has 4 aliphatic rings. The largest absolute Gasteiger partial charge is 0.427 e. The van der Waals surface area contributed by atoms with Crippen LogP contribution in [0.25, 0.3) is 0 Å². The Morgan fingerprint density at radius 1 is 0.946 bits per heavy atom. The Hall–Kier alpha value is -5.27. The first-order valence-electron chi connectivity index (χ1n) is 19.1. The minimum atomic E-state index is -4.81. The van der Waals surface area contributed by atoms with Crippen LogP contribution in [-0.2, 0) is 44.2 Å². The summed E-state index contributed by atoms with van der Waals surface area (Å²) < 4.78 is 60.3. The van der Waals surface area contributed by atoms with Gasteiger partial charge in [-0.1, -0.05) is 42.5 Å². The van der Waals surface area contributed by atoms with E-state index in [0.717, 1.165) is 55.4 Å². The van der Waals surface area contributed by atoms with Crippen molar-refractivity contribution >= 4 is 35.3 Å². The highest BCUT2D eigenvalue weighted by Crippen LogP contribution is 2.48. The number of halogens is 4. The number of anilines is 1. The van der Waals surface area contributed by atoms with E-state index in [-0.39, 0.29) is 36.0 Å². The molecule has 296 valence electrons. The van der Waals surface area contributed by atoms with E-state index in [1.54, 1.807) is 18.2 Å². The van der Waals surface area contributed by atoms with Gasteiger partial charge in [0.05, 0.1) is 0 Å². The van der Waals surface area contributed by atoms with Crippen LogP contribution < -0.4 is 10.6 Å². The van der Waals surface area contributed by atoms with Gasteiger partial charge in [0, 0.05) is 55.2 Å². The molecule has 3 aromatic rings. The van der Waals surface area contributed by atoms with E-state index in [4.69, 9.17) is 4.74 Å². The number of carbonyl (C=O) groups excluding carboxylic acids is 5. The van der Waals surface area contributed by atoms with Crippen molar-refractivity contribution in [3.05, 3.63) is 100 Å². The molecule has 0 bridgehead atoms. The zero-order chi connectivity index (χ0) is 39.8. The molecular formula is C42H44F4N4O6. The van der Waals surface area contributed by atoms with E-state index in [0.29, 0.717) is 52.0 Å². The van der Waals surface area contributed by atoms with Gasteiger partial charge >= 0.3 is 12.3 Å². The Balaban J connectivity index is 0.901. The Morgan fingerprint density at radius 2 is 1.64 bits per heavy atom. The van der Waals surface area contributed by atoms with Crippen LogP contribution in [0.1, 0.15) is 84.5 Å². The zero-order valence-electron chi connectivity index (χ0n) is 31.0. The zero-order valence-corrected chi connectivity index (χ0v) is 31.0. The monoisotopic (exact) mass is 776 g/mol. The number of nitrogens with one attached hydrogen (secondary N) is 2. The maximum Gasteiger partial charge on any atom is 0.418 e. The number of alkyl halides is 3. The van der Waals surface area contributed by atoms with E-state index in [2.05, 4.69) is 10.6 Å². The fraction of sp³-hybridized carbons (Fsp3) is 0.452. The highest BCUT2D eigenvalue weighted by atomic mass is 19.4. The summed E-state index contributed by atoms with van der Waals surface area (Å²) >= 11 is 0. The Bertz CT molecular complexity index is 2000. The third-order valence-electron chi connectivity index (χ3n) is 11.7. The highest BCUT2D eigenvalue weighted by molar-refractivity contribution is 6.06. The molecule has 0 radical (unpaired) electrons. The van der Waals surface area contributed by atoms with Crippen molar-refractivity contribution in [3.63, 3.8) is 0 Å². The molecule has 7 rings (SSSR count). The van der Waals surface area contributed by atoms with Crippen molar-refractivity contribution < 1.29 is 46.3 Å². The van der Waals surface area contributed by atoms with Crippen LogP contribution in [0.3, 0.4) is 0 Å². The van der Waals surface area contributed by atoms with Gasteiger partial charge in [-0.15, -0.1) is 0 Å². The number of amides is 4. The summed E-state index contributed by atoms with van der Waals surface area (Å²) in [6.07, 6.45) is 0.381. The molecule has 1 unspecified atom stereocenters. The first kappa shape index (κ1) is 39.0. The predicted molar refractivity (Wildman–Crippen MR) is 196 cm³/mol. The summed E-state index contributed by atoms with van der Waals surface area (Å²) in [5.41, 5.74) is 1.91. The van der Waals surface area contributed by atoms with Crippen LogP contribution >= 0.6 is 0 Å². The lowest BCUT2D eigenvalue weighted by atomic mass is 9.93. The number of carbonyl (C=O) groups is 5. The lowest BCUT2D eigenvalue weighted by Gasteiger charge is -2.31. The number of ether oxygens (including phenoxy) is 1. The minimum Gasteiger partial charge on any atom is -0.427 e. The predicted octanol–water partition coefficient (Wildman–Crippen LogP) is 7.05. The molecule has 0 aromatic heterocycles. The third kappa shape index (κ3) is 8.29. The number of fused-ring (bicyclic) bond motifs is 2. The SMILES string of the molecule is C[C@H](N(Cc1ccc(F)cc1)C(=O)CN1C(=O)O[C@@]2(CCc3cc(NCCC(=O)NCc4ccc(C(=O)C5CC[C@H](C6CC6)C5)cc4)ccc32)C1=O)C(F)(F)F. The van der Waals surface area contributed by atoms with Crippen LogP contribution in [0.4, 0.5) is 28.0 Å². The normalized spacial score (nSPS) is 22.2. The fourth-order valence-electron chi connectivity index (χ4n) is 8.28. The maximum absolute atomic E-state index is 13.8. The van der Waals surface area contributed by atoms with E-state index in [9.17, 15) is 41.5 Å². The summed E-state index contributed by atoms with van der Waals surface area (Å²) in [5, 5.41) is 6.09. The van der Waals surface area contributed by atoms with Crippen molar-refractivity contribution in [2.24, 2.45) is 17.8 Å². The fourth-order valence-corrected chi connectivity index (χ4v) is 8.28. The number of aryl methyl sites for hydroxylation is 1. The molecule has 14 heteroatoms. The quantitative estimate of drug-likeness (QED) is 0.133. The molecule has 1 aliphatic heterocycles.